The SMILES string of the molecule is C/C(=N/NC(N)=O)C1=CC[C@@]2(C)[C@@H](CC[C@@H]3C4=C(CC[C@@H]32)C(C)(C)CC4)C1. The van der Waals surface area contributed by atoms with Gasteiger partial charge in [-0.15, -0.1) is 0 Å². The lowest BCUT2D eigenvalue weighted by atomic mass is 9.49. The first-order valence-corrected chi connectivity index (χ1v) is 10.7. The van der Waals surface area contributed by atoms with E-state index in [-0.39, 0.29) is 0 Å². The molecule has 0 aliphatic heterocycles. The number of carbonyl (C=O) groups excluding carboxylic acids is 1. The first-order valence-electron chi connectivity index (χ1n) is 10.7. The molecule has 0 aromatic rings. The summed E-state index contributed by atoms with van der Waals surface area (Å²) < 4.78 is 0. The van der Waals surface area contributed by atoms with Crippen LogP contribution in [0.15, 0.2) is 27.9 Å². The molecule has 3 N–H and O–H groups in total. The Kier molecular flexibility index (Phi) is 4.51. The quantitative estimate of drug-likeness (QED) is 0.386. The molecule has 0 radical (unpaired) electrons. The third-order valence-electron chi connectivity index (χ3n) is 8.52. The summed E-state index contributed by atoms with van der Waals surface area (Å²) in [6, 6.07) is -0.595. The Bertz CT molecular complexity index is 745. The lowest BCUT2D eigenvalue weighted by Gasteiger charge is -2.55. The molecule has 2 amide bonds. The number of allylic oxidation sites excluding steroid dienone is 4. The van der Waals surface area contributed by atoms with E-state index >= 15 is 0 Å². The number of hydrogen-bond donors (Lipinski definition) is 2. The molecule has 0 heterocycles. The minimum atomic E-state index is -0.595. The highest BCUT2D eigenvalue weighted by atomic mass is 16.2. The van der Waals surface area contributed by atoms with Crippen LogP contribution < -0.4 is 11.2 Å². The minimum Gasteiger partial charge on any atom is -0.350 e. The van der Waals surface area contributed by atoms with E-state index in [2.05, 4.69) is 37.4 Å². The average Bonchev–Trinajstić information content (AvgIpc) is 2.94. The normalized spacial score (nSPS) is 37.9. The molecule has 0 aromatic carbocycles. The van der Waals surface area contributed by atoms with E-state index in [1.54, 1.807) is 0 Å². The minimum absolute atomic E-state index is 0.412. The zero-order valence-electron chi connectivity index (χ0n) is 17.4. The van der Waals surface area contributed by atoms with Crippen molar-refractivity contribution in [1.29, 1.82) is 0 Å². The number of nitrogens with zero attached hydrogens (tertiary/aromatic N) is 1. The smallest absolute Gasteiger partial charge is 0.332 e. The number of fused-ring (bicyclic) bond motifs is 4. The van der Waals surface area contributed by atoms with Gasteiger partial charge in [0.15, 0.2) is 0 Å². The third-order valence-corrected chi connectivity index (χ3v) is 8.52. The number of urea groups is 1. The average molecular weight is 370 g/mol. The highest BCUT2D eigenvalue weighted by molar-refractivity contribution is 5.98. The molecule has 4 aliphatic rings. The molecule has 0 aromatic heterocycles. The van der Waals surface area contributed by atoms with Gasteiger partial charge in [0.05, 0.1) is 5.71 Å². The van der Waals surface area contributed by atoms with Gasteiger partial charge < -0.3 is 5.73 Å². The first kappa shape index (κ1) is 18.8. The fourth-order valence-corrected chi connectivity index (χ4v) is 6.86. The van der Waals surface area contributed by atoms with Crippen molar-refractivity contribution < 1.29 is 4.79 Å². The van der Waals surface area contributed by atoms with E-state index in [1.165, 1.54) is 44.1 Å². The van der Waals surface area contributed by atoms with Crippen LogP contribution in [-0.4, -0.2) is 11.7 Å². The van der Waals surface area contributed by atoms with Gasteiger partial charge in [0.2, 0.25) is 0 Å². The van der Waals surface area contributed by atoms with Crippen LogP contribution in [0.5, 0.6) is 0 Å². The van der Waals surface area contributed by atoms with E-state index in [9.17, 15) is 4.79 Å². The maximum atomic E-state index is 10.9. The summed E-state index contributed by atoms with van der Waals surface area (Å²) in [5.41, 5.74) is 14.3. The summed E-state index contributed by atoms with van der Waals surface area (Å²) >= 11 is 0. The largest absolute Gasteiger partial charge is 0.350 e. The van der Waals surface area contributed by atoms with Gasteiger partial charge in [0, 0.05) is 0 Å². The molecular formula is C23H35N3O. The Hall–Kier alpha value is -1.58. The molecule has 4 rings (SSSR count). The monoisotopic (exact) mass is 369 g/mol. The van der Waals surface area contributed by atoms with E-state index in [0.717, 1.165) is 36.3 Å². The van der Waals surface area contributed by atoms with Crippen molar-refractivity contribution in [2.75, 3.05) is 0 Å². The summed E-state index contributed by atoms with van der Waals surface area (Å²) in [6.07, 6.45) is 12.7. The second-order valence-corrected chi connectivity index (χ2v) is 10.2. The van der Waals surface area contributed by atoms with Gasteiger partial charge in [-0.2, -0.15) is 5.10 Å². The van der Waals surface area contributed by atoms with Crippen molar-refractivity contribution in [2.45, 2.75) is 79.1 Å². The summed E-state index contributed by atoms with van der Waals surface area (Å²) in [7, 11) is 0. The second-order valence-electron chi connectivity index (χ2n) is 10.2. The summed E-state index contributed by atoms with van der Waals surface area (Å²) in [6.45, 7) is 9.46. The Morgan fingerprint density at radius 2 is 2.00 bits per heavy atom. The predicted molar refractivity (Wildman–Crippen MR) is 110 cm³/mol. The molecule has 0 bridgehead atoms. The second kappa shape index (κ2) is 6.49. The van der Waals surface area contributed by atoms with Crippen LogP contribution in [0.1, 0.15) is 79.1 Å². The Morgan fingerprint density at radius 1 is 1.22 bits per heavy atom. The number of primary amides is 1. The molecule has 4 atom stereocenters. The lowest BCUT2D eigenvalue weighted by Crippen LogP contribution is -2.47. The van der Waals surface area contributed by atoms with Crippen molar-refractivity contribution >= 4 is 11.7 Å². The zero-order valence-corrected chi connectivity index (χ0v) is 17.4. The zero-order chi connectivity index (χ0) is 19.4. The maximum Gasteiger partial charge on any atom is 0.332 e. The third kappa shape index (κ3) is 3.05. The number of nitrogens with two attached hydrogens (primary N) is 1. The van der Waals surface area contributed by atoms with Crippen molar-refractivity contribution in [3.63, 3.8) is 0 Å². The first-order chi connectivity index (χ1) is 12.7. The van der Waals surface area contributed by atoms with Crippen LogP contribution in [0.2, 0.25) is 0 Å². The standard InChI is InChI=1S/C23H35N3O/c1-14(25-26-21(24)27)15-9-12-23(4)16(13-15)5-6-17-18-10-11-22(2,3)19(18)7-8-20(17)23/h9,16-17,20H,5-8,10-13H2,1-4H3,(H3,24,26,27)/b25-14-/t16-,17+,20-,23-/m0/s1. The molecule has 27 heavy (non-hydrogen) atoms. The van der Waals surface area contributed by atoms with Crippen LogP contribution in [0.4, 0.5) is 4.79 Å². The number of carbonyl (C=O) groups is 1. The van der Waals surface area contributed by atoms with E-state index in [1.807, 2.05) is 18.1 Å². The van der Waals surface area contributed by atoms with Crippen LogP contribution in [0.25, 0.3) is 0 Å². The molecule has 4 aliphatic carbocycles. The van der Waals surface area contributed by atoms with Gasteiger partial charge in [-0.3, -0.25) is 0 Å². The molecule has 148 valence electrons. The number of nitrogens with one attached hydrogen (secondary N) is 1. The Labute approximate surface area is 163 Å². The molecule has 0 unspecified atom stereocenters. The van der Waals surface area contributed by atoms with E-state index < -0.39 is 6.03 Å². The molecule has 0 saturated heterocycles. The van der Waals surface area contributed by atoms with Crippen LogP contribution in [-0.2, 0) is 0 Å². The van der Waals surface area contributed by atoms with Crippen molar-refractivity contribution in [1.82, 2.24) is 5.43 Å². The molecule has 1 fully saturated rings. The summed E-state index contributed by atoms with van der Waals surface area (Å²) in [4.78, 5) is 10.9. The van der Waals surface area contributed by atoms with Crippen molar-refractivity contribution in [2.24, 2.45) is 39.4 Å². The van der Waals surface area contributed by atoms with Crippen LogP contribution >= 0.6 is 0 Å². The fourth-order valence-electron chi connectivity index (χ4n) is 6.86. The van der Waals surface area contributed by atoms with E-state index in [0.29, 0.717) is 10.8 Å². The Balaban J connectivity index is 1.57. The van der Waals surface area contributed by atoms with Crippen LogP contribution in [0, 0.1) is 28.6 Å². The number of hydrazone groups is 1. The summed E-state index contributed by atoms with van der Waals surface area (Å²) in [5, 5.41) is 4.17. The molecular weight excluding hydrogens is 334 g/mol. The van der Waals surface area contributed by atoms with Gasteiger partial charge in [-0.25, -0.2) is 10.2 Å². The molecule has 0 spiro atoms. The van der Waals surface area contributed by atoms with Gasteiger partial charge in [0.1, 0.15) is 0 Å². The molecule has 1 saturated carbocycles. The van der Waals surface area contributed by atoms with Gasteiger partial charge >= 0.3 is 6.03 Å². The predicted octanol–water partition coefficient (Wildman–Crippen LogP) is 5.31. The number of rotatable bonds is 2. The van der Waals surface area contributed by atoms with Crippen molar-refractivity contribution in [3.05, 3.63) is 22.8 Å². The number of hydrogen-bond acceptors (Lipinski definition) is 2. The van der Waals surface area contributed by atoms with Crippen molar-refractivity contribution in [3.8, 4) is 0 Å². The van der Waals surface area contributed by atoms with Crippen LogP contribution in [0.3, 0.4) is 0 Å². The molecule has 4 heteroatoms. The highest BCUT2D eigenvalue weighted by Crippen LogP contribution is 2.63. The topological polar surface area (TPSA) is 67.5 Å². The lowest BCUT2D eigenvalue weighted by molar-refractivity contribution is -0.00481. The molecule has 4 nitrogen and oxygen atoms in total. The Morgan fingerprint density at radius 3 is 2.74 bits per heavy atom. The summed E-state index contributed by atoms with van der Waals surface area (Å²) in [5.74, 6) is 2.40. The van der Waals surface area contributed by atoms with E-state index in [4.69, 9.17) is 5.73 Å². The fraction of sp³-hybridized carbons (Fsp3) is 0.739. The number of amides is 2. The highest BCUT2D eigenvalue weighted by Gasteiger charge is 2.53. The van der Waals surface area contributed by atoms with Gasteiger partial charge in [-0.05, 0) is 92.4 Å². The van der Waals surface area contributed by atoms with Gasteiger partial charge in [0.25, 0.3) is 0 Å². The van der Waals surface area contributed by atoms with Gasteiger partial charge in [-0.1, -0.05) is 38.0 Å². The maximum absolute atomic E-state index is 10.9.